The van der Waals surface area contributed by atoms with E-state index >= 15 is 0 Å². The van der Waals surface area contributed by atoms with Gasteiger partial charge in [-0.1, -0.05) is 24.3 Å². The van der Waals surface area contributed by atoms with Crippen molar-refractivity contribution in [3.63, 3.8) is 0 Å². The van der Waals surface area contributed by atoms with Crippen LogP contribution in [-0.2, 0) is 6.42 Å². The SMILES string of the molecule is O=C(O)c1cncc(C(=O)N(C2CC2)C2CCCc3ccccc32)c1. The van der Waals surface area contributed by atoms with Gasteiger partial charge in [0.1, 0.15) is 0 Å². The molecule has 0 bridgehead atoms. The summed E-state index contributed by atoms with van der Waals surface area (Å²) in [5.74, 6) is -1.18. The number of carboxylic acids is 1. The number of hydrogen-bond donors (Lipinski definition) is 1. The first-order valence-corrected chi connectivity index (χ1v) is 8.74. The van der Waals surface area contributed by atoms with Gasteiger partial charge in [0, 0.05) is 18.4 Å². The number of rotatable bonds is 4. The third-order valence-electron chi connectivity index (χ3n) is 5.08. The van der Waals surface area contributed by atoms with Crippen LogP contribution < -0.4 is 0 Å². The highest BCUT2D eigenvalue weighted by atomic mass is 16.4. The number of aromatic nitrogens is 1. The molecule has 4 rings (SSSR count). The molecule has 1 heterocycles. The maximum atomic E-state index is 13.2. The van der Waals surface area contributed by atoms with Crippen LogP contribution in [-0.4, -0.2) is 32.9 Å². The third-order valence-corrected chi connectivity index (χ3v) is 5.08. The first-order valence-electron chi connectivity index (χ1n) is 8.74. The minimum absolute atomic E-state index is 0.0469. The van der Waals surface area contributed by atoms with E-state index in [0.29, 0.717) is 5.56 Å². The third kappa shape index (κ3) is 3.02. The topological polar surface area (TPSA) is 70.5 Å². The van der Waals surface area contributed by atoms with E-state index in [2.05, 4.69) is 17.1 Å². The second-order valence-electron chi connectivity index (χ2n) is 6.82. The normalized spacial score (nSPS) is 19.1. The molecule has 0 spiro atoms. The van der Waals surface area contributed by atoms with Crippen LogP contribution in [0.1, 0.15) is 63.6 Å². The molecule has 1 saturated carbocycles. The molecule has 1 atom stereocenters. The average Bonchev–Trinajstić information content (AvgIpc) is 3.47. The first-order chi connectivity index (χ1) is 12.1. The molecule has 2 aromatic rings. The predicted octanol–water partition coefficient (Wildman–Crippen LogP) is 3.46. The largest absolute Gasteiger partial charge is 0.478 e. The van der Waals surface area contributed by atoms with Crippen molar-refractivity contribution in [1.29, 1.82) is 0 Å². The van der Waals surface area contributed by atoms with Gasteiger partial charge in [-0.3, -0.25) is 9.78 Å². The molecule has 5 nitrogen and oxygen atoms in total. The van der Waals surface area contributed by atoms with Gasteiger partial charge in [0.05, 0.1) is 17.2 Å². The van der Waals surface area contributed by atoms with E-state index in [4.69, 9.17) is 5.11 Å². The van der Waals surface area contributed by atoms with Gasteiger partial charge in [-0.15, -0.1) is 0 Å². The molecule has 0 radical (unpaired) electrons. The monoisotopic (exact) mass is 336 g/mol. The number of carbonyl (C=O) groups is 2. The Balaban J connectivity index is 1.70. The van der Waals surface area contributed by atoms with E-state index in [1.54, 1.807) is 0 Å². The van der Waals surface area contributed by atoms with Crippen LogP contribution in [0.2, 0.25) is 0 Å². The van der Waals surface area contributed by atoms with Crippen molar-refractivity contribution in [2.75, 3.05) is 0 Å². The van der Waals surface area contributed by atoms with Gasteiger partial charge in [0.2, 0.25) is 0 Å². The summed E-state index contributed by atoms with van der Waals surface area (Å²) in [4.78, 5) is 30.3. The number of aromatic carboxylic acids is 1. The van der Waals surface area contributed by atoms with Crippen molar-refractivity contribution < 1.29 is 14.7 Å². The van der Waals surface area contributed by atoms with Gasteiger partial charge in [0.15, 0.2) is 0 Å². The second-order valence-corrected chi connectivity index (χ2v) is 6.82. The van der Waals surface area contributed by atoms with Gasteiger partial charge in [-0.05, 0) is 49.3 Å². The Labute approximate surface area is 146 Å². The minimum atomic E-state index is -1.07. The van der Waals surface area contributed by atoms with Crippen LogP contribution in [0.25, 0.3) is 0 Å². The lowest BCUT2D eigenvalue weighted by molar-refractivity contribution is 0.0637. The molecule has 1 aromatic heterocycles. The van der Waals surface area contributed by atoms with E-state index in [1.165, 1.54) is 29.6 Å². The zero-order valence-electron chi connectivity index (χ0n) is 13.9. The van der Waals surface area contributed by atoms with E-state index in [9.17, 15) is 9.59 Å². The van der Waals surface area contributed by atoms with Crippen LogP contribution in [0.5, 0.6) is 0 Å². The molecular weight excluding hydrogens is 316 g/mol. The number of pyridine rings is 1. The van der Waals surface area contributed by atoms with Crippen molar-refractivity contribution >= 4 is 11.9 Å². The van der Waals surface area contributed by atoms with Crippen molar-refractivity contribution in [2.24, 2.45) is 0 Å². The van der Waals surface area contributed by atoms with Crippen LogP contribution in [0.15, 0.2) is 42.7 Å². The summed E-state index contributed by atoms with van der Waals surface area (Å²) >= 11 is 0. The molecule has 2 aliphatic rings. The van der Waals surface area contributed by atoms with Gasteiger partial charge >= 0.3 is 5.97 Å². The highest BCUT2D eigenvalue weighted by Gasteiger charge is 2.39. The first kappa shape index (κ1) is 15.8. The van der Waals surface area contributed by atoms with Gasteiger partial charge in [-0.2, -0.15) is 0 Å². The molecule has 2 aliphatic carbocycles. The van der Waals surface area contributed by atoms with E-state index < -0.39 is 5.97 Å². The fourth-order valence-corrected chi connectivity index (χ4v) is 3.75. The maximum absolute atomic E-state index is 13.2. The number of nitrogens with zero attached hydrogens (tertiary/aromatic N) is 2. The summed E-state index contributed by atoms with van der Waals surface area (Å²) < 4.78 is 0. The summed E-state index contributed by atoms with van der Waals surface area (Å²) in [6.07, 6.45) is 7.83. The van der Waals surface area contributed by atoms with Crippen molar-refractivity contribution in [3.05, 3.63) is 65.0 Å². The quantitative estimate of drug-likeness (QED) is 0.928. The molecule has 5 heteroatoms. The molecule has 1 amide bonds. The molecule has 25 heavy (non-hydrogen) atoms. The zero-order chi connectivity index (χ0) is 17.4. The number of benzene rings is 1. The Hall–Kier alpha value is -2.69. The highest BCUT2D eigenvalue weighted by Crippen LogP contribution is 2.41. The number of hydrogen-bond acceptors (Lipinski definition) is 3. The molecule has 1 unspecified atom stereocenters. The van der Waals surface area contributed by atoms with E-state index in [-0.39, 0.29) is 23.6 Å². The van der Waals surface area contributed by atoms with E-state index in [0.717, 1.165) is 32.1 Å². The molecule has 128 valence electrons. The molecule has 0 aliphatic heterocycles. The lowest BCUT2D eigenvalue weighted by atomic mass is 9.86. The minimum Gasteiger partial charge on any atom is -0.478 e. The standard InChI is InChI=1S/C20H20N2O3/c23-19(14-10-15(20(24)25)12-21-11-14)22(16-8-9-16)18-7-3-5-13-4-1-2-6-17(13)18/h1-2,4,6,10-12,16,18H,3,5,7-9H2,(H,24,25). The number of carbonyl (C=O) groups excluding carboxylic acids is 1. The Morgan fingerprint density at radius 2 is 1.84 bits per heavy atom. The summed E-state index contributed by atoms with van der Waals surface area (Å²) in [6.45, 7) is 0. The number of fused-ring (bicyclic) bond motifs is 1. The molecule has 1 N–H and O–H groups in total. The van der Waals surface area contributed by atoms with Crippen LogP contribution >= 0.6 is 0 Å². The van der Waals surface area contributed by atoms with Crippen LogP contribution in [0, 0.1) is 0 Å². The molecule has 1 fully saturated rings. The second kappa shape index (κ2) is 6.31. The van der Waals surface area contributed by atoms with E-state index in [1.807, 2.05) is 17.0 Å². The number of amides is 1. The predicted molar refractivity (Wildman–Crippen MR) is 92.5 cm³/mol. The summed E-state index contributed by atoms with van der Waals surface area (Å²) in [5, 5.41) is 9.17. The van der Waals surface area contributed by atoms with Crippen molar-refractivity contribution in [1.82, 2.24) is 9.88 Å². The maximum Gasteiger partial charge on any atom is 0.337 e. The smallest absolute Gasteiger partial charge is 0.337 e. The lowest BCUT2D eigenvalue weighted by Crippen LogP contribution is -2.38. The summed E-state index contributed by atoms with van der Waals surface area (Å²) in [6, 6.07) is 10.1. The zero-order valence-corrected chi connectivity index (χ0v) is 13.9. The van der Waals surface area contributed by atoms with Gasteiger partial charge in [0.25, 0.3) is 5.91 Å². The Bertz CT molecular complexity index is 829. The van der Waals surface area contributed by atoms with Crippen molar-refractivity contribution in [3.8, 4) is 0 Å². The fourth-order valence-electron chi connectivity index (χ4n) is 3.75. The summed E-state index contributed by atoms with van der Waals surface area (Å²) in [5.41, 5.74) is 2.95. The van der Waals surface area contributed by atoms with Crippen LogP contribution in [0.4, 0.5) is 0 Å². The van der Waals surface area contributed by atoms with Crippen molar-refractivity contribution in [2.45, 2.75) is 44.2 Å². The fraction of sp³-hybridized carbons (Fsp3) is 0.350. The number of aryl methyl sites for hydroxylation is 1. The summed E-state index contributed by atoms with van der Waals surface area (Å²) in [7, 11) is 0. The molecule has 0 saturated heterocycles. The lowest BCUT2D eigenvalue weighted by Gasteiger charge is -2.36. The Morgan fingerprint density at radius 1 is 1.08 bits per heavy atom. The molecular formula is C20H20N2O3. The number of carboxylic acid groups (broad SMARTS) is 1. The van der Waals surface area contributed by atoms with Crippen LogP contribution in [0.3, 0.4) is 0 Å². The Morgan fingerprint density at radius 3 is 2.60 bits per heavy atom. The highest BCUT2D eigenvalue weighted by molar-refractivity contribution is 5.97. The Kier molecular flexibility index (Phi) is 3.99. The molecule has 1 aromatic carbocycles. The average molecular weight is 336 g/mol. The van der Waals surface area contributed by atoms with Gasteiger partial charge in [-0.25, -0.2) is 4.79 Å². The van der Waals surface area contributed by atoms with Gasteiger partial charge < -0.3 is 10.0 Å².